The van der Waals surface area contributed by atoms with Gasteiger partial charge in [-0.1, -0.05) is 18.2 Å². The second-order valence-electron chi connectivity index (χ2n) is 7.30. The molecule has 1 amide bonds. The van der Waals surface area contributed by atoms with Crippen molar-refractivity contribution in [2.24, 2.45) is 0 Å². The van der Waals surface area contributed by atoms with Gasteiger partial charge in [-0.2, -0.15) is 0 Å². The first-order chi connectivity index (χ1) is 13.6. The van der Waals surface area contributed by atoms with E-state index in [4.69, 9.17) is 4.42 Å². The van der Waals surface area contributed by atoms with E-state index < -0.39 is 21.6 Å². The van der Waals surface area contributed by atoms with E-state index in [-0.39, 0.29) is 28.8 Å². The van der Waals surface area contributed by atoms with Gasteiger partial charge >= 0.3 is 0 Å². The smallest absolute Gasteiger partial charge is 0.291 e. The van der Waals surface area contributed by atoms with Gasteiger partial charge in [-0.25, -0.2) is 12.8 Å². The number of amides is 1. The molecule has 1 aromatic heterocycles. The quantitative estimate of drug-likeness (QED) is 0.649. The maximum absolute atomic E-state index is 14.5. The van der Waals surface area contributed by atoms with Crippen LogP contribution in [-0.4, -0.2) is 33.7 Å². The van der Waals surface area contributed by atoms with E-state index in [1.54, 1.807) is 48.3 Å². The zero-order chi connectivity index (χ0) is 21.3. The summed E-state index contributed by atoms with van der Waals surface area (Å²) in [6.07, 6.45) is 1.09. The van der Waals surface area contributed by atoms with Gasteiger partial charge in [-0.15, -0.1) is 0 Å². The maximum Gasteiger partial charge on any atom is 0.291 e. The molecule has 29 heavy (non-hydrogen) atoms. The molecule has 0 fully saturated rings. The topological polar surface area (TPSA) is 79.6 Å². The van der Waals surface area contributed by atoms with Gasteiger partial charge < -0.3 is 14.6 Å². The summed E-state index contributed by atoms with van der Waals surface area (Å²) in [4.78, 5) is 14.6. The number of anilines is 2. The van der Waals surface area contributed by atoms with Crippen LogP contribution < -0.4 is 10.2 Å². The molecule has 0 aliphatic rings. The van der Waals surface area contributed by atoms with Crippen molar-refractivity contribution >= 4 is 38.1 Å². The third-order valence-electron chi connectivity index (χ3n) is 4.67. The van der Waals surface area contributed by atoms with Crippen LogP contribution in [0, 0.1) is 5.82 Å². The summed E-state index contributed by atoms with van der Waals surface area (Å²) in [6, 6.07) is 11.3. The Morgan fingerprint density at radius 3 is 2.52 bits per heavy atom. The highest BCUT2D eigenvalue weighted by molar-refractivity contribution is 7.89. The number of fused-ring (bicyclic) bond motifs is 1. The van der Waals surface area contributed by atoms with E-state index >= 15 is 0 Å². The molecule has 0 saturated carbocycles. The largest absolute Gasteiger partial charge is 0.451 e. The molecule has 0 radical (unpaired) electrons. The highest BCUT2D eigenvalue weighted by Crippen LogP contribution is 2.29. The van der Waals surface area contributed by atoms with Crippen LogP contribution in [0.1, 0.15) is 30.0 Å². The predicted octanol–water partition coefficient (Wildman–Crippen LogP) is 4.21. The van der Waals surface area contributed by atoms with Crippen molar-refractivity contribution in [1.29, 1.82) is 0 Å². The number of benzene rings is 2. The van der Waals surface area contributed by atoms with Gasteiger partial charge in [0, 0.05) is 36.0 Å². The van der Waals surface area contributed by atoms with E-state index in [0.717, 1.165) is 6.26 Å². The van der Waals surface area contributed by atoms with Crippen molar-refractivity contribution in [3.05, 3.63) is 59.6 Å². The Bertz CT molecular complexity index is 1170. The van der Waals surface area contributed by atoms with Crippen LogP contribution >= 0.6 is 0 Å². The van der Waals surface area contributed by atoms with Crippen LogP contribution in [0.4, 0.5) is 15.8 Å². The lowest BCUT2D eigenvalue weighted by Gasteiger charge is -2.24. The molecular weight excluding hydrogens is 395 g/mol. The number of hydrogen-bond donors (Lipinski definition) is 1. The van der Waals surface area contributed by atoms with Crippen LogP contribution in [0.2, 0.25) is 0 Å². The molecule has 8 heteroatoms. The summed E-state index contributed by atoms with van der Waals surface area (Å²) < 4.78 is 43.8. The molecule has 1 N–H and O–H groups in total. The maximum atomic E-state index is 14.5. The summed E-state index contributed by atoms with van der Waals surface area (Å²) in [5.74, 6) is -1.54. The molecule has 0 atom stereocenters. The molecule has 0 spiro atoms. The van der Waals surface area contributed by atoms with Gasteiger partial charge in [-0.05, 0) is 38.1 Å². The minimum atomic E-state index is -3.40. The van der Waals surface area contributed by atoms with Gasteiger partial charge in [0.05, 0.1) is 11.4 Å². The van der Waals surface area contributed by atoms with Gasteiger partial charge in [0.2, 0.25) is 0 Å². The highest BCUT2D eigenvalue weighted by Gasteiger charge is 2.23. The van der Waals surface area contributed by atoms with Crippen molar-refractivity contribution in [3.63, 3.8) is 0 Å². The number of carbonyl (C=O) groups excluding carboxylic acids is 1. The van der Waals surface area contributed by atoms with Crippen molar-refractivity contribution in [3.8, 4) is 0 Å². The third-order valence-corrected chi connectivity index (χ3v) is 5.48. The lowest BCUT2D eigenvalue weighted by molar-refractivity contribution is 0.0998. The van der Waals surface area contributed by atoms with Crippen molar-refractivity contribution < 1.29 is 22.0 Å². The molecule has 0 unspecified atom stereocenters. The van der Waals surface area contributed by atoms with Crippen LogP contribution in [0.25, 0.3) is 11.0 Å². The fourth-order valence-corrected chi connectivity index (χ4v) is 3.84. The number of hydrogen-bond acceptors (Lipinski definition) is 5. The normalized spacial score (nSPS) is 11.8. The Labute approximate surface area is 169 Å². The number of sulfone groups is 1. The molecule has 1 heterocycles. The summed E-state index contributed by atoms with van der Waals surface area (Å²) in [6.45, 7) is 3.89. The molecule has 0 saturated heterocycles. The molecule has 6 nitrogen and oxygen atoms in total. The SMILES string of the molecule is CC(C)N(C)c1ccc(NC(=O)c2oc3ccccc3c2CS(C)(=O)=O)cc1F. The summed E-state index contributed by atoms with van der Waals surface area (Å²) in [7, 11) is -1.62. The molecule has 0 aliphatic carbocycles. The van der Waals surface area contributed by atoms with Crippen LogP contribution in [0.15, 0.2) is 46.9 Å². The van der Waals surface area contributed by atoms with Gasteiger partial charge in [0.25, 0.3) is 5.91 Å². The molecule has 2 aromatic carbocycles. The van der Waals surface area contributed by atoms with E-state index in [0.29, 0.717) is 16.7 Å². The third kappa shape index (κ3) is 4.59. The first-order valence-electron chi connectivity index (χ1n) is 9.08. The number of furan rings is 1. The minimum absolute atomic E-state index is 0.0968. The summed E-state index contributed by atoms with van der Waals surface area (Å²) >= 11 is 0. The fourth-order valence-electron chi connectivity index (χ4n) is 3.02. The Kier molecular flexibility index (Phi) is 5.66. The van der Waals surface area contributed by atoms with Crippen LogP contribution in [0.3, 0.4) is 0 Å². The van der Waals surface area contributed by atoms with Gasteiger partial charge in [0.15, 0.2) is 15.6 Å². The predicted molar refractivity (Wildman–Crippen MR) is 113 cm³/mol. The van der Waals surface area contributed by atoms with Crippen molar-refractivity contribution in [2.45, 2.75) is 25.6 Å². The van der Waals surface area contributed by atoms with Crippen molar-refractivity contribution in [1.82, 2.24) is 0 Å². The first kappa shape index (κ1) is 20.9. The Balaban J connectivity index is 1.94. The van der Waals surface area contributed by atoms with Gasteiger partial charge in [-0.3, -0.25) is 4.79 Å². The summed E-state index contributed by atoms with van der Waals surface area (Å²) in [5, 5.41) is 3.15. The Morgan fingerprint density at radius 2 is 1.90 bits per heavy atom. The lowest BCUT2D eigenvalue weighted by atomic mass is 10.1. The highest BCUT2D eigenvalue weighted by atomic mass is 32.2. The zero-order valence-electron chi connectivity index (χ0n) is 16.7. The average Bonchev–Trinajstić information content (AvgIpc) is 2.98. The van der Waals surface area contributed by atoms with E-state index in [1.807, 2.05) is 13.8 Å². The fraction of sp³-hybridized carbons (Fsp3) is 0.286. The van der Waals surface area contributed by atoms with Crippen LogP contribution in [-0.2, 0) is 15.6 Å². The number of nitrogens with zero attached hydrogens (tertiary/aromatic N) is 1. The van der Waals surface area contributed by atoms with Crippen LogP contribution in [0.5, 0.6) is 0 Å². The number of nitrogens with one attached hydrogen (secondary N) is 1. The van der Waals surface area contributed by atoms with E-state index in [9.17, 15) is 17.6 Å². The molecular formula is C21H23FN2O4S. The van der Waals surface area contributed by atoms with E-state index in [1.165, 1.54) is 6.07 Å². The number of halogens is 1. The second kappa shape index (κ2) is 7.87. The summed E-state index contributed by atoms with van der Waals surface area (Å²) in [5.41, 5.74) is 1.37. The average molecular weight is 418 g/mol. The number of carbonyl (C=O) groups is 1. The van der Waals surface area contributed by atoms with E-state index in [2.05, 4.69) is 5.32 Å². The number of rotatable bonds is 6. The molecule has 0 bridgehead atoms. The molecule has 0 aliphatic heterocycles. The molecule has 154 valence electrons. The van der Waals surface area contributed by atoms with Gasteiger partial charge in [0.1, 0.15) is 11.4 Å². The standard InChI is InChI=1S/C21H23FN2O4S/c1-13(2)24(3)18-10-9-14(11-17(18)22)23-21(25)20-16(12-29(4,26)27)15-7-5-6-8-19(15)28-20/h5-11,13H,12H2,1-4H3,(H,23,25). The zero-order valence-corrected chi connectivity index (χ0v) is 17.5. The first-order valence-corrected chi connectivity index (χ1v) is 11.1. The molecule has 3 aromatic rings. The van der Waals surface area contributed by atoms with Crippen molar-refractivity contribution in [2.75, 3.05) is 23.5 Å². The number of para-hydroxylation sites is 1. The Hall–Kier alpha value is -2.87. The lowest BCUT2D eigenvalue weighted by Crippen LogP contribution is -2.26. The second-order valence-corrected chi connectivity index (χ2v) is 9.44. The monoisotopic (exact) mass is 418 g/mol. The minimum Gasteiger partial charge on any atom is -0.451 e. The molecule has 3 rings (SSSR count). The Morgan fingerprint density at radius 1 is 1.21 bits per heavy atom.